The minimum atomic E-state index is -1.02. The number of aromatic nitrogens is 2. The number of aldehydes is 1. The van der Waals surface area contributed by atoms with Crippen molar-refractivity contribution < 1.29 is 24.2 Å². The standard InChI is InChI=1S/C14H19N3O5S/c1-8(13(19)20)17(10-6-22-7-11(10)21-2)12-9(5-18)4-15-14(16-12)23-3/h4-5,8,10-11H,6-7H2,1-3H3,(H,19,20)/t8?,10-,11-/m1/s1. The van der Waals surface area contributed by atoms with Crippen molar-refractivity contribution in [1.29, 1.82) is 0 Å². The zero-order valence-electron chi connectivity index (χ0n) is 13.1. The van der Waals surface area contributed by atoms with E-state index in [-0.39, 0.29) is 23.5 Å². The number of hydrogen-bond acceptors (Lipinski definition) is 8. The van der Waals surface area contributed by atoms with Crippen molar-refractivity contribution in [2.45, 2.75) is 30.3 Å². The summed E-state index contributed by atoms with van der Waals surface area (Å²) < 4.78 is 10.8. The summed E-state index contributed by atoms with van der Waals surface area (Å²) in [6.45, 7) is 2.21. The molecule has 3 atom stereocenters. The summed E-state index contributed by atoms with van der Waals surface area (Å²) >= 11 is 1.31. The lowest BCUT2D eigenvalue weighted by Crippen LogP contribution is -2.52. The summed E-state index contributed by atoms with van der Waals surface area (Å²) in [6.07, 6.45) is 3.53. The third kappa shape index (κ3) is 3.62. The molecule has 1 N–H and O–H groups in total. The Morgan fingerprint density at radius 2 is 2.35 bits per heavy atom. The summed E-state index contributed by atoms with van der Waals surface area (Å²) in [5.74, 6) is -0.736. The maximum atomic E-state index is 11.6. The average molecular weight is 341 g/mol. The Labute approximate surface area is 138 Å². The Bertz CT molecular complexity index is 586. The Morgan fingerprint density at radius 1 is 1.61 bits per heavy atom. The maximum absolute atomic E-state index is 11.6. The van der Waals surface area contributed by atoms with Gasteiger partial charge < -0.3 is 19.5 Å². The fourth-order valence-corrected chi connectivity index (χ4v) is 2.85. The molecule has 9 heteroatoms. The molecule has 1 fully saturated rings. The van der Waals surface area contributed by atoms with Crippen molar-refractivity contribution >= 4 is 29.8 Å². The van der Waals surface area contributed by atoms with Gasteiger partial charge in [-0.25, -0.2) is 14.8 Å². The van der Waals surface area contributed by atoms with E-state index in [0.717, 1.165) is 0 Å². The summed E-state index contributed by atoms with van der Waals surface area (Å²) in [6, 6.07) is -1.25. The van der Waals surface area contributed by atoms with E-state index < -0.39 is 12.0 Å². The quantitative estimate of drug-likeness (QED) is 0.436. The first-order valence-corrected chi connectivity index (χ1v) is 8.23. The first kappa shape index (κ1) is 17.6. The van der Waals surface area contributed by atoms with Gasteiger partial charge in [0.1, 0.15) is 18.0 Å². The largest absolute Gasteiger partial charge is 0.480 e. The molecule has 1 aromatic rings. The van der Waals surface area contributed by atoms with Gasteiger partial charge in [0, 0.05) is 13.3 Å². The molecule has 0 spiro atoms. The van der Waals surface area contributed by atoms with Crippen LogP contribution in [0, 0.1) is 0 Å². The van der Waals surface area contributed by atoms with Crippen molar-refractivity contribution in [1.82, 2.24) is 9.97 Å². The summed E-state index contributed by atoms with van der Waals surface area (Å²) in [7, 11) is 1.55. The van der Waals surface area contributed by atoms with Crippen LogP contribution in [0.4, 0.5) is 5.82 Å². The highest BCUT2D eigenvalue weighted by atomic mass is 32.2. The van der Waals surface area contributed by atoms with Crippen molar-refractivity contribution in [3.05, 3.63) is 11.8 Å². The number of ether oxygens (including phenoxy) is 2. The Kier molecular flexibility index (Phi) is 5.91. The van der Waals surface area contributed by atoms with Gasteiger partial charge >= 0.3 is 5.97 Å². The minimum absolute atomic E-state index is 0.234. The van der Waals surface area contributed by atoms with Crippen LogP contribution in [0.15, 0.2) is 11.4 Å². The predicted molar refractivity (Wildman–Crippen MR) is 84.2 cm³/mol. The number of aliphatic carboxylic acids is 1. The molecule has 1 aromatic heterocycles. The van der Waals surface area contributed by atoms with Crippen molar-refractivity contribution in [3.8, 4) is 0 Å². The number of carbonyl (C=O) groups excluding carboxylic acids is 1. The van der Waals surface area contributed by atoms with E-state index in [9.17, 15) is 14.7 Å². The fourth-order valence-electron chi connectivity index (χ4n) is 2.51. The summed E-state index contributed by atoms with van der Waals surface area (Å²) in [5.41, 5.74) is 0.234. The highest BCUT2D eigenvalue weighted by Crippen LogP contribution is 2.28. The van der Waals surface area contributed by atoms with Gasteiger partial charge in [0.2, 0.25) is 0 Å². The molecule has 8 nitrogen and oxygen atoms in total. The van der Waals surface area contributed by atoms with Gasteiger partial charge in [-0.15, -0.1) is 0 Å². The third-order valence-corrected chi connectivity index (χ3v) is 4.32. The highest BCUT2D eigenvalue weighted by Gasteiger charge is 2.39. The van der Waals surface area contributed by atoms with Crippen LogP contribution in [0.3, 0.4) is 0 Å². The number of thioether (sulfide) groups is 1. The average Bonchev–Trinajstić information content (AvgIpc) is 3.03. The molecule has 0 saturated carbocycles. The summed E-state index contributed by atoms with van der Waals surface area (Å²) in [4.78, 5) is 32.9. The molecule has 2 rings (SSSR count). The summed E-state index contributed by atoms with van der Waals surface area (Å²) in [5, 5.41) is 9.92. The van der Waals surface area contributed by atoms with Gasteiger partial charge in [0.15, 0.2) is 11.4 Å². The highest BCUT2D eigenvalue weighted by molar-refractivity contribution is 7.98. The molecule has 0 bridgehead atoms. The molecule has 0 aromatic carbocycles. The molecule has 2 heterocycles. The molecule has 1 unspecified atom stereocenters. The lowest BCUT2D eigenvalue weighted by Gasteiger charge is -2.35. The molecule has 0 aliphatic carbocycles. The number of carbonyl (C=O) groups is 2. The molecule has 1 saturated heterocycles. The number of methoxy groups -OCH3 is 1. The van der Waals surface area contributed by atoms with E-state index in [0.29, 0.717) is 24.7 Å². The van der Waals surface area contributed by atoms with Crippen LogP contribution in [0.1, 0.15) is 17.3 Å². The van der Waals surface area contributed by atoms with Crippen LogP contribution in [0.5, 0.6) is 0 Å². The normalized spacial score (nSPS) is 21.9. The lowest BCUT2D eigenvalue weighted by atomic mass is 10.1. The molecular weight excluding hydrogens is 322 g/mol. The van der Waals surface area contributed by atoms with Crippen LogP contribution >= 0.6 is 11.8 Å². The minimum Gasteiger partial charge on any atom is -0.480 e. The second-order valence-corrected chi connectivity index (χ2v) is 5.83. The number of nitrogens with zero attached hydrogens (tertiary/aromatic N) is 3. The molecule has 0 radical (unpaired) electrons. The lowest BCUT2D eigenvalue weighted by molar-refractivity contribution is -0.138. The Balaban J connectivity index is 2.53. The van der Waals surface area contributed by atoms with E-state index in [1.165, 1.54) is 18.0 Å². The van der Waals surface area contributed by atoms with Gasteiger partial charge in [-0.2, -0.15) is 0 Å². The second-order valence-electron chi connectivity index (χ2n) is 5.05. The van der Waals surface area contributed by atoms with E-state index in [2.05, 4.69) is 9.97 Å². The van der Waals surface area contributed by atoms with Gasteiger partial charge in [-0.3, -0.25) is 4.79 Å². The molecule has 1 aliphatic heterocycles. The topological polar surface area (TPSA) is 102 Å². The van der Waals surface area contributed by atoms with E-state index in [1.807, 2.05) is 0 Å². The van der Waals surface area contributed by atoms with Crippen LogP contribution in [0.25, 0.3) is 0 Å². The predicted octanol–water partition coefficient (Wildman–Crippen LogP) is 0.704. The van der Waals surface area contributed by atoms with Crippen molar-refractivity contribution in [3.63, 3.8) is 0 Å². The fraction of sp³-hybridized carbons (Fsp3) is 0.571. The van der Waals surface area contributed by atoms with E-state index in [4.69, 9.17) is 9.47 Å². The number of rotatable bonds is 7. The zero-order chi connectivity index (χ0) is 17.0. The van der Waals surface area contributed by atoms with Gasteiger partial charge in [0.05, 0.1) is 24.8 Å². The monoisotopic (exact) mass is 341 g/mol. The second kappa shape index (κ2) is 7.71. The number of carboxylic acids is 1. The van der Waals surface area contributed by atoms with Crippen LogP contribution in [-0.2, 0) is 14.3 Å². The van der Waals surface area contributed by atoms with Crippen molar-refractivity contribution in [2.75, 3.05) is 31.5 Å². The first-order valence-electron chi connectivity index (χ1n) is 7.01. The number of carboxylic acid groups (broad SMARTS) is 1. The molecule has 126 valence electrons. The molecular formula is C14H19N3O5S. The van der Waals surface area contributed by atoms with Crippen LogP contribution in [-0.4, -0.2) is 72.1 Å². The Morgan fingerprint density at radius 3 is 2.91 bits per heavy atom. The maximum Gasteiger partial charge on any atom is 0.326 e. The van der Waals surface area contributed by atoms with Crippen molar-refractivity contribution in [2.24, 2.45) is 0 Å². The molecule has 1 aliphatic rings. The van der Waals surface area contributed by atoms with Gasteiger partial charge in [-0.05, 0) is 13.2 Å². The molecule has 23 heavy (non-hydrogen) atoms. The smallest absolute Gasteiger partial charge is 0.326 e. The Hall–Kier alpha value is -1.71. The number of hydrogen-bond donors (Lipinski definition) is 1. The van der Waals surface area contributed by atoms with Gasteiger partial charge in [-0.1, -0.05) is 11.8 Å². The van der Waals surface area contributed by atoms with Crippen LogP contribution < -0.4 is 4.90 Å². The SMILES string of the molecule is CO[C@@H]1COC[C@H]1N(c1nc(SC)ncc1C=O)C(C)C(=O)O. The first-order chi connectivity index (χ1) is 11.0. The van der Waals surface area contributed by atoms with E-state index >= 15 is 0 Å². The third-order valence-electron chi connectivity index (χ3n) is 3.76. The number of anilines is 1. The van der Waals surface area contributed by atoms with Gasteiger partial charge in [0.25, 0.3) is 0 Å². The van der Waals surface area contributed by atoms with Crippen LogP contribution in [0.2, 0.25) is 0 Å². The molecule has 0 amide bonds. The van der Waals surface area contributed by atoms with E-state index in [1.54, 1.807) is 25.2 Å². The zero-order valence-corrected chi connectivity index (χ0v) is 13.9.